The Morgan fingerprint density at radius 1 is 0.935 bits per heavy atom. The van der Waals surface area contributed by atoms with E-state index in [1.165, 1.54) is 17.8 Å². The Morgan fingerprint density at radius 3 is 2.29 bits per heavy atom. The third-order valence-electron chi connectivity index (χ3n) is 6.69. The zero-order chi connectivity index (χ0) is 21.5. The van der Waals surface area contributed by atoms with Gasteiger partial charge in [-0.25, -0.2) is 0 Å². The molecular formula is C26H22N2O3. The Kier molecular flexibility index (Phi) is 4.66. The van der Waals surface area contributed by atoms with Gasteiger partial charge in [0.15, 0.2) is 0 Å². The third kappa shape index (κ3) is 3.05. The van der Waals surface area contributed by atoms with Crippen molar-refractivity contribution in [2.24, 2.45) is 13.0 Å². The molecule has 0 radical (unpaired) electrons. The number of carbonyl (C=O) groups excluding carboxylic acids is 1. The van der Waals surface area contributed by atoms with Crippen molar-refractivity contribution in [1.29, 1.82) is 0 Å². The van der Waals surface area contributed by atoms with Gasteiger partial charge in [0.1, 0.15) is 6.29 Å². The molecule has 0 aliphatic heterocycles. The lowest BCUT2D eigenvalue weighted by Crippen LogP contribution is -2.30. The zero-order valence-corrected chi connectivity index (χ0v) is 17.1. The van der Waals surface area contributed by atoms with Crippen LogP contribution in [0.2, 0.25) is 0 Å². The lowest BCUT2D eigenvalue weighted by Gasteiger charge is -2.36. The van der Waals surface area contributed by atoms with Crippen molar-refractivity contribution >= 4 is 22.9 Å². The number of aryl methyl sites for hydroxylation is 1. The van der Waals surface area contributed by atoms with Crippen molar-refractivity contribution in [3.63, 3.8) is 0 Å². The van der Waals surface area contributed by atoms with Gasteiger partial charge >= 0.3 is 0 Å². The zero-order valence-electron chi connectivity index (χ0n) is 17.1. The minimum absolute atomic E-state index is 0.0365. The molecule has 3 atom stereocenters. The van der Waals surface area contributed by atoms with Gasteiger partial charge in [-0.05, 0) is 35.1 Å². The number of hydrogen-bond acceptors (Lipinski definition) is 3. The number of nitro groups is 1. The SMILES string of the molecule is Cn1c2c(c3ccccc31)[C@@H](c1ccc([N+](=O)[O-])cc1)[C@H](C=O)[C@H](c1ccccc1)C2. The molecule has 0 saturated carbocycles. The number of hydrogen-bond donors (Lipinski definition) is 0. The predicted molar refractivity (Wildman–Crippen MR) is 120 cm³/mol. The van der Waals surface area contributed by atoms with Gasteiger partial charge in [0, 0.05) is 47.6 Å². The lowest BCUT2D eigenvalue weighted by molar-refractivity contribution is -0.384. The van der Waals surface area contributed by atoms with Crippen molar-refractivity contribution in [3.05, 3.63) is 111 Å². The van der Waals surface area contributed by atoms with Gasteiger partial charge in [-0.2, -0.15) is 0 Å². The Hall–Kier alpha value is -3.73. The molecule has 31 heavy (non-hydrogen) atoms. The molecule has 4 aromatic rings. The van der Waals surface area contributed by atoms with Crippen LogP contribution in [0.5, 0.6) is 0 Å². The number of aldehydes is 1. The van der Waals surface area contributed by atoms with E-state index in [0.29, 0.717) is 0 Å². The number of fused-ring (bicyclic) bond motifs is 3. The quantitative estimate of drug-likeness (QED) is 0.258. The van der Waals surface area contributed by atoms with E-state index in [2.05, 4.69) is 35.9 Å². The van der Waals surface area contributed by atoms with E-state index in [4.69, 9.17) is 0 Å². The van der Waals surface area contributed by atoms with Gasteiger partial charge in [0.25, 0.3) is 5.69 Å². The largest absolute Gasteiger partial charge is 0.347 e. The Bertz CT molecular complexity index is 1280. The third-order valence-corrected chi connectivity index (χ3v) is 6.69. The molecule has 1 aromatic heterocycles. The van der Waals surface area contributed by atoms with Gasteiger partial charge in [0.2, 0.25) is 0 Å². The van der Waals surface area contributed by atoms with E-state index in [1.807, 2.05) is 30.3 Å². The van der Waals surface area contributed by atoms with Crippen LogP contribution < -0.4 is 0 Å². The summed E-state index contributed by atoms with van der Waals surface area (Å²) in [6, 6.07) is 25.1. The van der Waals surface area contributed by atoms with Gasteiger partial charge in [0.05, 0.1) is 4.92 Å². The van der Waals surface area contributed by atoms with Crippen LogP contribution in [0.4, 0.5) is 5.69 Å². The van der Waals surface area contributed by atoms with Gasteiger partial charge in [-0.3, -0.25) is 10.1 Å². The first-order valence-electron chi connectivity index (χ1n) is 10.4. The van der Waals surface area contributed by atoms with Gasteiger partial charge in [-0.1, -0.05) is 60.7 Å². The number of nitrogens with zero attached hydrogens (tertiary/aromatic N) is 2. The second-order valence-electron chi connectivity index (χ2n) is 8.20. The fraction of sp³-hybridized carbons (Fsp3) is 0.192. The maximum absolute atomic E-state index is 12.5. The van der Waals surface area contributed by atoms with Crippen molar-refractivity contribution < 1.29 is 9.72 Å². The molecule has 3 aromatic carbocycles. The fourth-order valence-corrected chi connectivity index (χ4v) is 5.24. The lowest BCUT2D eigenvalue weighted by atomic mass is 9.66. The molecular weight excluding hydrogens is 388 g/mol. The van der Waals surface area contributed by atoms with Crippen LogP contribution in [0.25, 0.3) is 10.9 Å². The topological polar surface area (TPSA) is 65.1 Å². The molecule has 5 nitrogen and oxygen atoms in total. The van der Waals surface area contributed by atoms with E-state index in [0.717, 1.165) is 40.3 Å². The number of non-ortho nitro benzene ring substituents is 1. The highest BCUT2D eigenvalue weighted by molar-refractivity contribution is 5.88. The average molecular weight is 410 g/mol. The van der Waals surface area contributed by atoms with Crippen LogP contribution in [-0.2, 0) is 18.3 Å². The number of carbonyl (C=O) groups is 1. The van der Waals surface area contributed by atoms with Crippen molar-refractivity contribution in [2.45, 2.75) is 18.3 Å². The monoisotopic (exact) mass is 410 g/mol. The Labute approximate surface area is 180 Å². The Balaban J connectivity index is 1.76. The minimum Gasteiger partial charge on any atom is -0.347 e. The van der Waals surface area contributed by atoms with E-state index in [9.17, 15) is 14.9 Å². The highest BCUT2D eigenvalue weighted by atomic mass is 16.6. The molecule has 0 fully saturated rings. The maximum Gasteiger partial charge on any atom is 0.269 e. The van der Waals surface area contributed by atoms with Crippen LogP contribution >= 0.6 is 0 Å². The van der Waals surface area contributed by atoms with Crippen LogP contribution in [0, 0.1) is 16.0 Å². The smallest absolute Gasteiger partial charge is 0.269 e. The van der Waals surface area contributed by atoms with Gasteiger partial charge < -0.3 is 9.36 Å². The molecule has 5 heteroatoms. The highest BCUT2D eigenvalue weighted by Gasteiger charge is 2.41. The van der Waals surface area contributed by atoms with Crippen LogP contribution in [0.3, 0.4) is 0 Å². The number of rotatable bonds is 4. The summed E-state index contributed by atoms with van der Waals surface area (Å²) in [6.07, 6.45) is 1.85. The van der Waals surface area contributed by atoms with Crippen LogP contribution in [0.1, 0.15) is 34.2 Å². The molecule has 0 amide bonds. The van der Waals surface area contributed by atoms with E-state index >= 15 is 0 Å². The predicted octanol–water partition coefficient (Wildman–Crippen LogP) is 5.37. The average Bonchev–Trinajstić information content (AvgIpc) is 3.10. The molecule has 154 valence electrons. The first kappa shape index (κ1) is 19.2. The fourth-order valence-electron chi connectivity index (χ4n) is 5.24. The Morgan fingerprint density at radius 2 is 1.61 bits per heavy atom. The van der Waals surface area contributed by atoms with E-state index < -0.39 is 4.92 Å². The molecule has 1 aliphatic carbocycles. The number of benzene rings is 3. The summed E-state index contributed by atoms with van der Waals surface area (Å²) in [5.41, 5.74) is 5.65. The summed E-state index contributed by atoms with van der Waals surface area (Å²) in [4.78, 5) is 23.3. The second kappa shape index (κ2) is 7.51. The highest BCUT2D eigenvalue weighted by Crippen LogP contribution is 2.50. The summed E-state index contributed by atoms with van der Waals surface area (Å²) in [5.74, 6) is -0.394. The molecule has 1 heterocycles. The summed E-state index contributed by atoms with van der Waals surface area (Å²) in [6.45, 7) is 0. The second-order valence-corrected chi connectivity index (χ2v) is 8.20. The van der Waals surface area contributed by atoms with E-state index in [1.54, 1.807) is 12.1 Å². The standard InChI is InChI=1S/C26H22N2O3/c1-27-23-10-6-5-9-20(23)26-24(27)15-21(17-7-3-2-4-8-17)22(16-29)25(26)18-11-13-19(14-12-18)28(30)31/h2-14,16,21-22,25H,15H2,1H3/t21-,22+,25-/m0/s1. The molecule has 0 N–H and O–H groups in total. The first-order chi connectivity index (χ1) is 15.1. The molecule has 0 unspecified atom stereocenters. The van der Waals surface area contributed by atoms with Crippen LogP contribution in [-0.4, -0.2) is 15.8 Å². The minimum atomic E-state index is -0.391. The molecule has 0 saturated heterocycles. The van der Waals surface area contributed by atoms with Gasteiger partial charge in [-0.15, -0.1) is 0 Å². The summed E-state index contributed by atoms with van der Waals surface area (Å²) in [5, 5.41) is 12.3. The van der Waals surface area contributed by atoms with E-state index in [-0.39, 0.29) is 23.4 Å². The summed E-state index contributed by atoms with van der Waals surface area (Å²) in [7, 11) is 2.08. The first-order valence-corrected chi connectivity index (χ1v) is 10.4. The van der Waals surface area contributed by atoms with Crippen molar-refractivity contribution in [2.75, 3.05) is 0 Å². The summed E-state index contributed by atoms with van der Waals surface area (Å²) < 4.78 is 2.24. The van der Waals surface area contributed by atoms with Crippen molar-refractivity contribution in [1.82, 2.24) is 4.57 Å². The normalized spacial score (nSPS) is 20.4. The number of para-hydroxylation sites is 1. The molecule has 0 spiro atoms. The van der Waals surface area contributed by atoms with Crippen molar-refractivity contribution in [3.8, 4) is 0 Å². The maximum atomic E-state index is 12.5. The molecule has 5 rings (SSSR count). The molecule has 0 bridgehead atoms. The van der Waals surface area contributed by atoms with Crippen LogP contribution in [0.15, 0.2) is 78.9 Å². The molecule has 1 aliphatic rings. The number of aromatic nitrogens is 1. The number of nitro benzene ring substituents is 1. The summed E-state index contributed by atoms with van der Waals surface area (Å²) >= 11 is 0.